The van der Waals surface area contributed by atoms with E-state index in [2.05, 4.69) is 48.5 Å². The second-order valence-corrected chi connectivity index (χ2v) is 9.83. The molecule has 1 N–H and O–H groups in total. The number of aliphatic hydroxyl groups is 1. The quantitative estimate of drug-likeness (QED) is 0.590. The Morgan fingerprint density at radius 1 is 1.00 bits per heavy atom. The molecule has 0 amide bonds. The second kappa shape index (κ2) is 11.5. The third-order valence-corrected chi connectivity index (χ3v) is 6.60. The molecule has 0 saturated heterocycles. The predicted octanol–water partition coefficient (Wildman–Crippen LogP) is 6.00. The topological polar surface area (TPSA) is 55.8 Å². The number of fused-ring (bicyclic) bond motifs is 1. The van der Waals surface area contributed by atoms with Gasteiger partial charge in [-0.1, -0.05) is 61.3 Å². The van der Waals surface area contributed by atoms with Gasteiger partial charge in [0.1, 0.15) is 6.10 Å². The maximum Gasteiger partial charge on any atom is 0.302 e. The number of hydrogen-bond acceptors (Lipinski definition) is 4. The second-order valence-electron chi connectivity index (χ2n) is 9.83. The van der Waals surface area contributed by atoms with Crippen LogP contribution in [0.2, 0.25) is 0 Å². The third kappa shape index (κ3) is 6.45. The summed E-state index contributed by atoms with van der Waals surface area (Å²) in [5.41, 5.74) is -0.759. The Hall–Kier alpha value is -0.610. The van der Waals surface area contributed by atoms with Crippen LogP contribution in [0.15, 0.2) is 0 Å². The van der Waals surface area contributed by atoms with E-state index in [9.17, 15) is 9.90 Å². The molecule has 2 saturated carbocycles. The van der Waals surface area contributed by atoms with Gasteiger partial charge in [0.15, 0.2) is 0 Å². The minimum atomic E-state index is -0.689. The number of carbonyl (C=O) groups excluding carboxylic acids is 1. The molecule has 0 aromatic heterocycles. The molecule has 0 aromatic rings. The van der Waals surface area contributed by atoms with Gasteiger partial charge in [0.25, 0.3) is 0 Å². The molecule has 0 heterocycles. The van der Waals surface area contributed by atoms with E-state index in [4.69, 9.17) is 9.47 Å². The summed E-state index contributed by atoms with van der Waals surface area (Å²) in [5, 5.41) is 10.9. The Morgan fingerprint density at radius 3 is 1.93 bits per heavy atom. The number of rotatable bonds is 3. The van der Waals surface area contributed by atoms with Gasteiger partial charge in [-0.15, -0.1) is 0 Å². The molecule has 0 radical (unpaired) electrons. The Kier molecular flexibility index (Phi) is 11.3. The van der Waals surface area contributed by atoms with Gasteiger partial charge in [-0.05, 0) is 43.9 Å². The van der Waals surface area contributed by atoms with Crippen LogP contribution in [0.5, 0.6) is 0 Å². The number of methoxy groups -OCH3 is 1. The van der Waals surface area contributed by atoms with Crippen molar-refractivity contribution in [2.45, 2.75) is 113 Å². The summed E-state index contributed by atoms with van der Waals surface area (Å²) >= 11 is 0. The van der Waals surface area contributed by atoms with Gasteiger partial charge in [0.2, 0.25) is 0 Å². The van der Waals surface area contributed by atoms with Crippen molar-refractivity contribution in [3.05, 3.63) is 0 Å². The van der Waals surface area contributed by atoms with Crippen molar-refractivity contribution >= 4 is 5.97 Å². The summed E-state index contributed by atoms with van der Waals surface area (Å²) in [4.78, 5) is 11.4. The fourth-order valence-corrected chi connectivity index (χ4v) is 5.45. The lowest BCUT2D eigenvalue weighted by atomic mass is 9.45. The maximum absolute atomic E-state index is 11.4. The van der Waals surface area contributed by atoms with Gasteiger partial charge in [-0.3, -0.25) is 4.79 Å². The summed E-state index contributed by atoms with van der Waals surface area (Å²) in [7, 11) is 1.71. The average molecular weight is 401 g/mol. The van der Waals surface area contributed by atoms with Gasteiger partial charge < -0.3 is 14.6 Å². The van der Waals surface area contributed by atoms with Crippen LogP contribution in [0.25, 0.3) is 0 Å². The van der Waals surface area contributed by atoms with Crippen molar-refractivity contribution in [3.8, 4) is 0 Å². The standard InChI is InChI=1S/C18H32O4.2C3H8/c1-12(19)22-15-8-9-17(4)13(16(15,2)3)7-10-18(5,20)14(17)11-21-6;2*1-3-2/h13-15,20H,7-11H2,1-6H3;2*3H2,1-2H3. The molecule has 0 bridgehead atoms. The fraction of sp³-hybridized carbons (Fsp3) is 0.958. The van der Waals surface area contributed by atoms with Crippen LogP contribution < -0.4 is 0 Å². The summed E-state index contributed by atoms with van der Waals surface area (Å²) in [6.07, 6.45) is 6.03. The minimum absolute atomic E-state index is 0.0118. The van der Waals surface area contributed by atoms with E-state index >= 15 is 0 Å². The molecule has 2 aliphatic rings. The summed E-state index contributed by atoms with van der Waals surface area (Å²) < 4.78 is 11.1. The van der Waals surface area contributed by atoms with Crippen LogP contribution >= 0.6 is 0 Å². The highest BCUT2D eigenvalue weighted by atomic mass is 16.5. The van der Waals surface area contributed by atoms with Gasteiger partial charge in [-0.25, -0.2) is 0 Å². The zero-order valence-corrected chi connectivity index (χ0v) is 20.4. The molecule has 168 valence electrons. The van der Waals surface area contributed by atoms with Crippen molar-refractivity contribution in [2.75, 3.05) is 13.7 Å². The first-order valence-corrected chi connectivity index (χ1v) is 11.3. The highest BCUT2D eigenvalue weighted by Gasteiger charge is 2.61. The first-order chi connectivity index (χ1) is 12.9. The SMILES string of the molecule is CCC.CCC.COCC1C(C)(O)CCC2C(C)(C)C(OC(C)=O)CCC12C. The maximum atomic E-state index is 11.4. The van der Waals surface area contributed by atoms with Crippen LogP contribution in [0.3, 0.4) is 0 Å². The first kappa shape index (κ1) is 27.4. The molecule has 28 heavy (non-hydrogen) atoms. The van der Waals surface area contributed by atoms with Gasteiger partial charge in [0, 0.05) is 25.4 Å². The molecule has 2 fully saturated rings. The Bertz CT molecular complexity index is 456. The number of esters is 1. The predicted molar refractivity (Wildman–Crippen MR) is 117 cm³/mol. The Morgan fingerprint density at radius 2 is 1.50 bits per heavy atom. The molecule has 5 unspecified atom stereocenters. The summed E-state index contributed by atoms with van der Waals surface area (Å²) in [5.74, 6) is 0.331. The van der Waals surface area contributed by atoms with E-state index in [1.807, 2.05) is 6.92 Å². The lowest BCUT2D eigenvalue weighted by Gasteiger charge is -2.62. The molecule has 2 rings (SSSR count). The largest absolute Gasteiger partial charge is 0.462 e. The van der Waals surface area contributed by atoms with Crippen molar-refractivity contribution in [3.63, 3.8) is 0 Å². The zero-order chi connectivity index (χ0) is 22.2. The monoisotopic (exact) mass is 400 g/mol. The van der Waals surface area contributed by atoms with E-state index in [1.54, 1.807) is 7.11 Å². The summed E-state index contributed by atoms with van der Waals surface area (Å²) in [6.45, 7) is 19.2. The van der Waals surface area contributed by atoms with Crippen molar-refractivity contribution in [1.29, 1.82) is 0 Å². The average Bonchev–Trinajstić information content (AvgIpc) is 2.55. The number of carbonyl (C=O) groups is 1. The first-order valence-electron chi connectivity index (χ1n) is 11.3. The van der Waals surface area contributed by atoms with Gasteiger partial charge in [0.05, 0.1) is 12.2 Å². The lowest BCUT2D eigenvalue weighted by molar-refractivity contribution is -0.213. The molecule has 4 nitrogen and oxygen atoms in total. The Labute approximate surface area is 174 Å². The molecule has 0 aromatic carbocycles. The highest BCUT2D eigenvalue weighted by Crippen LogP contribution is 2.62. The highest BCUT2D eigenvalue weighted by molar-refractivity contribution is 5.66. The van der Waals surface area contributed by atoms with Crippen LogP contribution in [0.1, 0.15) is 101 Å². The minimum Gasteiger partial charge on any atom is -0.462 e. The van der Waals surface area contributed by atoms with E-state index in [1.165, 1.54) is 19.8 Å². The van der Waals surface area contributed by atoms with Gasteiger partial charge >= 0.3 is 5.97 Å². The number of ether oxygens (including phenoxy) is 2. The van der Waals surface area contributed by atoms with E-state index in [0.717, 1.165) is 25.7 Å². The molecule has 0 spiro atoms. The Balaban J connectivity index is 0.00000108. The third-order valence-electron chi connectivity index (χ3n) is 6.60. The van der Waals surface area contributed by atoms with Gasteiger partial charge in [-0.2, -0.15) is 0 Å². The van der Waals surface area contributed by atoms with Crippen molar-refractivity contribution < 1.29 is 19.4 Å². The smallest absolute Gasteiger partial charge is 0.302 e. The van der Waals surface area contributed by atoms with Crippen LogP contribution in [0.4, 0.5) is 0 Å². The van der Waals surface area contributed by atoms with E-state index < -0.39 is 5.60 Å². The van der Waals surface area contributed by atoms with Crippen LogP contribution in [-0.2, 0) is 14.3 Å². The van der Waals surface area contributed by atoms with E-state index in [-0.39, 0.29) is 28.8 Å². The molecule has 0 aliphatic heterocycles. The normalized spacial score (nSPS) is 36.0. The zero-order valence-electron chi connectivity index (χ0n) is 20.4. The van der Waals surface area contributed by atoms with Crippen molar-refractivity contribution in [2.24, 2.45) is 22.7 Å². The lowest BCUT2D eigenvalue weighted by Crippen LogP contribution is -2.62. The van der Waals surface area contributed by atoms with Crippen molar-refractivity contribution in [1.82, 2.24) is 0 Å². The molecular weight excluding hydrogens is 352 g/mol. The molecule has 5 atom stereocenters. The molecule has 2 aliphatic carbocycles. The fourth-order valence-electron chi connectivity index (χ4n) is 5.45. The van der Waals surface area contributed by atoms with E-state index in [0.29, 0.717) is 12.5 Å². The summed E-state index contributed by atoms with van der Waals surface area (Å²) in [6, 6.07) is 0. The number of hydrogen-bond donors (Lipinski definition) is 1. The van der Waals surface area contributed by atoms with Crippen LogP contribution in [-0.4, -0.2) is 36.5 Å². The molecule has 4 heteroatoms. The van der Waals surface area contributed by atoms with Crippen LogP contribution in [0, 0.1) is 22.7 Å². The molecular formula is C24H48O4.